The number of hydrogen-bond acceptors (Lipinski definition) is 8. The zero-order valence-corrected chi connectivity index (χ0v) is 19.2. The van der Waals surface area contributed by atoms with Crippen molar-refractivity contribution in [3.63, 3.8) is 0 Å². The Morgan fingerprint density at radius 1 is 1.06 bits per heavy atom. The molecule has 0 amide bonds. The fraction of sp³-hybridized carbons (Fsp3) is 0.261. The summed E-state index contributed by atoms with van der Waals surface area (Å²) in [6.07, 6.45) is 1.48. The summed E-state index contributed by atoms with van der Waals surface area (Å²) in [6, 6.07) is 12.9. The molecule has 0 spiro atoms. The minimum Gasteiger partial charge on any atom is -0.494 e. The molecule has 0 aliphatic heterocycles. The predicted octanol–water partition coefficient (Wildman–Crippen LogP) is 5.26. The molecule has 0 bridgehead atoms. The molecule has 1 heterocycles. The summed E-state index contributed by atoms with van der Waals surface area (Å²) in [7, 11) is 2.95. The molecule has 2 aromatic carbocycles. The maximum absolute atomic E-state index is 12.0. The highest BCUT2D eigenvalue weighted by Gasteiger charge is 2.15. The van der Waals surface area contributed by atoms with E-state index in [4.69, 9.17) is 21.1 Å². The molecular weight excluding hydrogens is 430 g/mol. The first-order valence-corrected chi connectivity index (χ1v) is 10.5. The molecule has 0 saturated heterocycles. The van der Waals surface area contributed by atoms with E-state index in [2.05, 4.69) is 39.3 Å². The monoisotopic (exact) mass is 455 g/mol. The number of esters is 1. The SMILES string of the molecule is CCN(CC)c1ccc(Nc2ncc(Cl)c(Nc3ccccc3C(=O)OC)n2)c(OC)c1. The normalized spacial score (nSPS) is 10.4. The van der Waals surface area contributed by atoms with Crippen molar-refractivity contribution in [1.82, 2.24) is 9.97 Å². The number of methoxy groups -OCH3 is 2. The van der Waals surface area contributed by atoms with Crippen LogP contribution in [0.25, 0.3) is 0 Å². The van der Waals surface area contributed by atoms with Gasteiger partial charge in [-0.25, -0.2) is 9.78 Å². The molecule has 1 aromatic heterocycles. The first kappa shape index (κ1) is 23.1. The molecule has 0 aliphatic carbocycles. The second-order valence-corrected chi connectivity index (χ2v) is 7.14. The van der Waals surface area contributed by atoms with Crippen LogP contribution in [-0.2, 0) is 4.74 Å². The van der Waals surface area contributed by atoms with Gasteiger partial charge in [0.1, 0.15) is 10.8 Å². The third-order valence-electron chi connectivity index (χ3n) is 4.89. The quantitative estimate of drug-likeness (QED) is 0.422. The van der Waals surface area contributed by atoms with Gasteiger partial charge >= 0.3 is 5.97 Å². The molecule has 0 radical (unpaired) electrons. The van der Waals surface area contributed by atoms with E-state index < -0.39 is 5.97 Å². The number of ether oxygens (including phenoxy) is 2. The van der Waals surface area contributed by atoms with Crippen molar-refractivity contribution in [2.45, 2.75) is 13.8 Å². The number of para-hydroxylation sites is 1. The van der Waals surface area contributed by atoms with Gasteiger partial charge in [-0.1, -0.05) is 23.7 Å². The third-order valence-corrected chi connectivity index (χ3v) is 5.17. The van der Waals surface area contributed by atoms with E-state index >= 15 is 0 Å². The van der Waals surface area contributed by atoms with Crippen LogP contribution in [0, 0.1) is 0 Å². The molecule has 3 rings (SSSR count). The summed E-state index contributed by atoms with van der Waals surface area (Å²) in [5.41, 5.74) is 2.67. The summed E-state index contributed by atoms with van der Waals surface area (Å²) in [5.74, 6) is 0.869. The van der Waals surface area contributed by atoms with Crippen LogP contribution >= 0.6 is 11.6 Å². The van der Waals surface area contributed by atoms with E-state index in [0.29, 0.717) is 39.5 Å². The van der Waals surface area contributed by atoms with Crippen LogP contribution in [0.5, 0.6) is 5.75 Å². The molecular formula is C23H26ClN5O3. The highest BCUT2D eigenvalue weighted by Crippen LogP contribution is 2.32. The Balaban J connectivity index is 1.88. The van der Waals surface area contributed by atoms with Gasteiger partial charge in [-0.15, -0.1) is 0 Å². The predicted molar refractivity (Wildman–Crippen MR) is 128 cm³/mol. The summed E-state index contributed by atoms with van der Waals surface area (Å²) >= 11 is 6.30. The Labute approximate surface area is 192 Å². The number of benzene rings is 2. The third kappa shape index (κ3) is 5.20. The fourth-order valence-electron chi connectivity index (χ4n) is 3.21. The molecule has 0 atom stereocenters. The van der Waals surface area contributed by atoms with Crippen LogP contribution in [0.4, 0.5) is 28.8 Å². The van der Waals surface area contributed by atoms with Crippen LogP contribution in [0.2, 0.25) is 5.02 Å². The minimum absolute atomic E-state index is 0.305. The zero-order valence-electron chi connectivity index (χ0n) is 18.5. The van der Waals surface area contributed by atoms with E-state index in [-0.39, 0.29) is 0 Å². The molecule has 32 heavy (non-hydrogen) atoms. The maximum atomic E-state index is 12.0. The van der Waals surface area contributed by atoms with Gasteiger partial charge in [0.2, 0.25) is 5.95 Å². The Morgan fingerprint density at radius 2 is 1.81 bits per heavy atom. The highest BCUT2D eigenvalue weighted by molar-refractivity contribution is 6.33. The Kier molecular flexibility index (Phi) is 7.72. The number of carbonyl (C=O) groups excluding carboxylic acids is 1. The molecule has 2 N–H and O–H groups in total. The molecule has 0 unspecified atom stereocenters. The van der Waals surface area contributed by atoms with E-state index in [1.807, 2.05) is 18.2 Å². The minimum atomic E-state index is -0.463. The van der Waals surface area contributed by atoms with Gasteiger partial charge in [-0.05, 0) is 38.1 Å². The Hall–Kier alpha value is -3.52. The number of hydrogen-bond donors (Lipinski definition) is 2. The average Bonchev–Trinajstić information content (AvgIpc) is 2.82. The number of anilines is 5. The molecule has 0 saturated carbocycles. The Morgan fingerprint density at radius 3 is 2.50 bits per heavy atom. The summed E-state index contributed by atoms with van der Waals surface area (Å²) < 4.78 is 10.4. The van der Waals surface area contributed by atoms with Gasteiger partial charge in [0.25, 0.3) is 0 Å². The lowest BCUT2D eigenvalue weighted by Crippen LogP contribution is -2.21. The van der Waals surface area contributed by atoms with Gasteiger partial charge in [0, 0.05) is 24.8 Å². The van der Waals surface area contributed by atoms with Crippen molar-refractivity contribution in [3.05, 3.63) is 59.2 Å². The lowest BCUT2D eigenvalue weighted by atomic mass is 10.2. The van der Waals surface area contributed by atoms with Crippen LogP contribution in [0.3, 0.4) is 0 Å². The summed E-state index contributed by atoms with van der Waals surface area (Å²) in [4.78, 5) is 23.0. The first-order chi connectivity index (χ1) is 15.5. The van der Waals surface area contributed by atoms with Gasteiger partial charge < -0.3 is 25.0 Å². The molecule has 3 aromatic rings. The second kappa shape index (κ2) is 10.7. The lowest BCUT2D eigenvalue weighted by Gasteiger charge is -2.22. The van der Waals surface area contributed by atoms with Crippen LogP contribution in [0.1, 0.15) is 24.2 Å². The lowest BCUT2D eigenvalue weighted by molar-refractivity contribution is 0.0602. The van der Waals surface area contributed by atoms with Crippen LogP contribution in [-0.4, -0.2) is 43.2 Å². The topological polar surface area (TPSA) is 88.6 Å². The number of rotatable bonds is 9. The van der Waals surface area contributed by atoms with Crippen molar-refractivity contribution in [2.24, 2.45) is 0 Å². The molecule has 8 nitrogen and oxygen atoms in total. The van der Waals surface area contributed by atoms with Gasteiger partial charge in [-0.3, -0.25) is 0 Å². The van der Waals surface area contributed by atoms with Gasteiger partial charge in [0.05, 0.1) is 37.4 Å². The molecule has 168 valence electrons. The fourth-order valence-corrected chi connectivity index (χ4v) is 3.35. The maximum Gasteiger partial charge on any atom is 0.339 e. The van der Waals surface area contributed by atoms with Gasteiger partial charge in [0.15, 0.2) is 5.82 Å². The van der Waals surface area contributed by atoms with Crippen molar-refractivity contribution in [1.29, 1.82) is 0 Å². The number of halogens is 1. The Bertz CT molecular complexity index is 1090. The number of carbonyl (C=O) groups is 1. The summed E-state index contributed by atoms with van der Waals surface area (Å²) in [6.45, 7) is 6.01. The number of aromatic nitrogens is 2. The largest absolute Gasteiger partial charge is 0.494 e. The van der Waals surface area contributed by atoms with E-state index in [1.54, 1.807) is 31.4 Å². The average molecular weight is 456 g/mol. The second-order valence-electron chi connectivity index (χ2n) is 6.73. The highest BCUT2D eigenvalue weighted by atomic mass is 35.5. The molecule has 9 heteroatoms. The smallest absolute Gasteiger partial charge is 0.339 e. The van der Waals surface area contributed by atoms with E-state index in [0.717, 1.165) is 18.8 Å². The standard InChI is InChI=1S/C23H26ClN5O3/c1-5-29(6-2)15-11-12-19(20(13-15)31-3)27-23-25-14-17(24)21(28-23)26-18-10-8-7-9-16(18)22(30)32-4/h7-14H,5-6H2,1-4H3,(H2,25,26,27,28). The van der Waals surface area contributed by atoms with E-state index in [9.17, 15) is 4.79 Å². The van der Waals surface area contributed by atoms with Crippen molar-refractivity contribution in [2.75, 3.05) is 42.8 Å². The van der Waals surface area contributed by atoms with Crippen molar-refractivity contribution < 1.29 is 14.3 Å². The molecule has 0 aliphatic rings. The van der Waals surface area contributed by atoms with Gasteiger partial charge in [-0.2, -0.15) is 4.98 Å². The molecule has 0 fully saturated rings. The van der Waals surface area contributed by atoms with Crippen molar-refractivity contribution in [3.8, 4) is 5.75 Å². The van der Waals surface area contributed by atoms with Crippen LogP contribution < -0.4 is 20.3 Å². The zero-order chi connectivity index (χ0) is 23.1. The van der Waals surface area contributed by atoms with Crippen molar-refractivity contribution >= 4 is 46.4 Å². The summed E-state index contributed by atoms with van der Waals surface area (Å²) in [5, 5.41) is 6.56. The first-order valence-electron chi connectivity index (χ1n) is 10.2. The van der Waals surface area contributed by atoms with E-state index in [1.165, 1.54) is 13.3 Å². The number of nitrogens with one attached hydrogen (secondary N) is 2. The number of nitrogens with zero attached hydrogens (tertiary/aromatic N) is 3. The van der Waals surface area contributed by atoms with Crippen LogP contribution in [0.15, 0.2) is 48.7 Å².